The molecule has 0 saturated carbocycles. The molecule has 2 aliphatic rings. The summed E-state index contributed by atoms with van der Waals surface area (Å²) in [5.41, 5.74) is 3.66. The highest BCUT2D eigenvalue weighted by Crippen LogP contribution is 2.44. The molecule has 1 amide bonds. The fourth-order valence-corrected chi connectivity index (χ4v) is 5.08. The van der Waals surface area contributed by atoms with Gasteiger partial charge in [0.15, 0.2) is 0 Å². The third-order valence-electron chi connectivity index (χ3n) is 6.80. The lowest BCUT2D eigenvalue weighted by Gasteiger charge is -2.26. The fourth-order valence-electron chi connectivity index (χ4n) is 5.08. The second kappa shape index (κ2) is 9.89. The molecule has 0 spiro atoms. The third kappa shape index (κ3) is 4.60. The van der Waals surface area contributed by atoms with Crippen molar-refractivity contribution >= 4 is 28.8 Å². The molecule has 0 aliphatic carbocycles. The van der Waals surface area contributed by atoms with E-state index in [4.69, 9.17) is 9.47 Å². The number of fused-ring (bicyclic) bond motifs is 1. The molecule has 3 aromatic carbocycles. The van der Waals surface area contributed by atoms with Crippen LogP contribution in [0.15, 0.2) is 72.3 Å². The lowest BCUT2D eigenvalue weighted by atomic mass is 9.94. The van der Waals surface area contributed by atoms with Crippen LogP contribution in [0.1, 0.15) is 43.5 Å². The van der Waals surface area contributed by atoms with Gasteiger partial charge in [0.2, 0.25) is 0 Å². The number of carbonyl (C=O) groups is 2. The van der Waals surface area contributed by atoms with E-state index in [0.29, 0.717) is 29.0 Å². The van der Waals surface area contributed by atoms with Crippen molar-refractivity contribution in [1.29, 1.82) is 0 Å². The zero-order valence-electron chi connectivity index (χ0n) is 22.3. The molecule has 2 atom stereocenters. The fraction of sp³-hybridized carbons (Fsp3) is 0.290. The van der Waals surface area contributed by atoms with Crippen LogP contribution in [0, 0.1) is 0 Å². The van der Waals surface area contributed by atoms with Gasteiger partial charge >= 0.3 is 0 Å². The standard InChI is InChI=1S/C31H32N2O5/c1-18(2)37-25-8-6-7-20(17-25)28-27(29(34)21-9-14-26-22(16-21)15-19(3)38-26)30(35)31(36)33(28)24-12-10-23(11-13-24)32(4)5/h6-14,16-19,28,34H,15H2,1-5H3/b29-27-. The summed E-state index contributed by atoms with van der Waals surface area (Å²) in [5, 5.41) is 11.5. The molecule has 0 bridgehead atoms. The van der Waals surface area contributed by atoms with Crippen LogP contribution in [0.5, 0.6) is 11.5 Å². The van der Waals surface area contributed by atoms with E-state index in [1.807, 2.05) is 94.4 Å². The molecule has 2 heterocycles. The first-order valence-corrected chi connectivity index (χ1v) is 12.8. The molecular weight excluding hydrogens is 480 g/mol. The van der Waals surface area contributed by atoms with E-state index < -0.39 is 17.7 Å². The van der Waals surface area contributed by atoms with Crippen molar-refractivity contribution in [2.75, 3.05) is 23.9 Å². The highest BCUT2D eigenvalue weighted by Gasteiger charge is 2.47. The summed E-state index contributed by atoms with van der Waals surface area (Å²) in [6.07, 6.45) is 0.703. The predicted octanol–water partition coefficient (Wildman–Crippen LogP) is 5.49. The highest BCUT2D eigenvalue weighted by molar-refractivity contribution is 6.51. The predicted molar refractivity (Wildman–Crippen MR) is 148 cm³/mol. The highest BCUT2D eigenvalue weighted by atomic mass is 16.5. The molecule has 5 rings (SSSR count). The van der Waals surface area contributed by atoms with Gasteiger partial charge < -0.3 is 19.5 Å². The number of ketones is 1. The average molecular weight is 513 g/mol. The van der Waals surface area contributed by atoms with E-state index in [9.17, 15) is 14.7 Å². The largest absolute Gasteiger partial charge is 0.507 e. The number of rotatable bonds is 6. The average Bonchev–Trinajstić information content (AvgIpc) is 3.38. The number of hydrogen-bond acceptors (Lipinski definition) is 6. The molecule has 7 nitrogen and oxygen atoms in total. The summed E-state index contributed by atoms with van der Waals surface area (Å²) >= 11 is 0. The van der Waals surface area contributed by atoms with E-state index in [1.54, 1.807) is 12.1 Å². The lowest BCUT2D eigenvalue weighted by molar-refractivity contribution is -0.132. The van der Waals surface area contributed by atoms with Crippen LogP contribution in [0.2, 0.25) is 0 Å². The Labute approximate surface area is 222 Å². The van der Waals surface area contributed by atoms with Crippen molar-refractivity contribution in [2.24, 2.45) is 0 Å². The topological polar surface area (TPSA) is 79.3 Å². The van der Waals surface area contributed by atoms with Crippen LogP contribution in [0.25, 0.3) is 5.76 Å². The second-order valence-corrected chi connectivity index (χ2v) is 10.3. The molecule has 2 aliphatic heterocycles. The first kappa shape index (κ1) is 25.4. The maximum absolute atomic E-state index is 13.5. The SMILES string of the molecule is CC(C)Oc1cccc(C2/C(=C(/O)c3ccc4c(c3)CC(C)O4)C(=O)C(=O)N2c2ccc(N(C)C)cc2)c1. The molecule has 196 valence electrons. The Morgan fingerprint density at radius 3 is 2.47 bits per heavy atom. The number of amides is 1. The zero-order valence-corrected chi connectivity index (χ0v) is 22.3. The molecule has 0 aromatic heterocycles. The summed E-state index contributed by atoms with van der Waals surface area (Å²) in [7, 11) is 3.87. The molecule has 1 fully saturated rings. The van der Waals surface area contributed by atoms with Crippen LogP contribution in [0.3, 0.4) is 0 Å². The molecule has 7 heteroatoms. The number of ether oxygens (including phenoxy) is 2. The summed E-state index contributed by atoms with van der Waals surface area (Å²) in [6, 6.07) is 19.3. The summed E-state index contributed by atoms with van der Waals surface area (Å²) in [5.74, 6) is -0.245. The van der Waals surface area contributed by atoms with Crippen LogP contribution in [0.4, 0.5) is 11.4 Å². The van der Waals surface area contributed by atoms with Crippen LogP contribution in [-0.4, -0.2) is 43.1 Å². The number of carbonyl (C=O) groups excluding carboxylic acids is 2. The van der Waals surface area contributed by atoms with E-state index in [-0.39, 0.29) is 23.5 Å². The van der Waals surface area contributed by atoms with E-state index >= 15 is 0 Å². The molecule has 1 saturated heterocycles. The van der Waals surface area contributed by atoms with Gasteiger partial charge in [0.05, 0.1) is 17.7 Å². The zero-order chi connectivity index (χ0) is 27.1. The molecule has 38 heavy (non-hydrogen) atoms. The van der Waals surface area contributed by atoms with Gasteiger partial charge in [-0.1, -0.05) is 12.1 Å². The monoisotopic (exact) mass is 512 g/mol. The molecule has 0 radical (unpaired) electrons. The van der Waals surface area contributed by atoms with Gasteiger partial charge in [-0.3, -0.25) is 14.5 Å². The Morgan fingerprint density at radius 1 is 1.05 bits per heavy atom. The number of Topliss-reactive ketones (excluding diaryl/α,β-unsaturated/α-hetero) is 1. The minimum Gasteiger partial charge on any atom is -0.507 e. The quantitative estimate of drug-likeness (QED) is 0.267. The number of benzene rings is 3. The molecular formula is C31H32N2O5. The van der Waals surface area contributed by atoms with Crippen molar-refractivity contribution in [2.45, 2.75) is 45.4 Å². The summed E-state index contributed by atoms with van der Waals surface area (Å²) < 4.78 is 11.7. The number of nitrogens with zero attached hydrogens (tertiary/aromatic N) is 2. The number of hydrogen-bond donors (Lipinski definition) is 1. The third-order valence-corrected chi connectivity index (χ3v) is 6.80. The maximum Gasteiger partial charge on any atom is 0.300 e. The molecule has 1 N–H and O–H groups in total. The van der Waals surface area contributed by atoms with Gasteiger partial charge in [-0.05, 0) is 86.5 Å². The van der Waals surface area contributed by atoms with Gasteiger partial charge in [0.1, 0.15) is 23.4 Å². The van der Waals surface area contributed by atoms with Gasteiger partial charge in [-0.15, -0.1) is 0 Å². The van der Waals surface area contributed by atoms with Crippen molar-refractivity contribution < 1.29 is 24.2 Å². The normalized spacial score (nSPS) is 20.0. The Balaban J connectivity index is 1.66. The van der Waals surface area contributed by atoms with Crippen LogP contribution >= 0.6 is 0 Å². The number of aliphatic hydroxyl groups is 1. The minimum absolute atomic E-state index is 0.0419. The van der Waals surface area contributed by atoms with Crippen LogP contribution in [-0.2, 0) is 16.0 Å². The first-order chi connectivity index (χ1) is 18.1. The molecule has 3 aromatic rings. The molecule has 2 unspecified atom stereocenters. The Hall–Kier alpha value is -4.26. The van der Waals surface area contributed by atoms with E-state index in [0.717, 1.165) is 17.0 Å². The van der Waals surface area contributed by atoms with Crippen LogP contribution < -0.4 is 19.3 Å². The van der Waals surface area contributed by atoms with Gasteiger partial charge in [-0.2, -0.15) is 0 Å². The van der Waals surface area contributed by atoms with Gasteiger partial charge in [0, 0.05) is 37.5 Å². The van der Waals surface area contributed by atoms with E-state index in [2.05, 4.69) is 0 Å². The number of anilines is 2. The van der Waals surface area contributed by atoms with Crippen molar-refractivity contribution in [3.8, 4) is 11.5 Å². The van der Waals surface area contributed by atoms with Crippen molar-refractivity contribution in [3.05, 3.63) is 89.0 Å². The number of aliphatic hydroxyl groups excluding tert-OH is 1. The lowest BCUT2D eigenvalue weighted by Crippen LogP contribution is -2.29. The Morgan fingerprint density at radius 2 is 1.79 bits per heavy atom. The minimum atomic E-state index is -0.834. The van der Waals surface area contributed by atoms with E-state index in [1.165, 1.54) is 4.90 Å². The van der Waals surface area contributed by atoms with Gasteiger partial charge in [-0.25, -0.2) is 0 Å². The Kier molecular flexibility index (Phi) is 6.61. The summed E-state index contributed by atoms with van der Waals surface area (Å²) in [4.78, 5) is 30.5. The second-order valence-electron chi connectivity index (χ2n) is 10.3. The van der Waals surface area contributed by atoms with Crippen molar-refractivity contribution in [1.82, 2.24) is 0 Å². The summed E-state index contributed by atoms with van der Waals surface area (Å²) in [6.45, 7) is 5.85. The smallest absolute Gasteiger partial charge is 0.300 e. The van der Waals surface area contributed by atoms with Crippen molar-refractivity contribution in [3.63, 3.8) is 0 Å². The Bertz CT molecular complexity index is 1420. The first-order valence-electron chi connectivity index (χ1n) is 12.8. The van der Waals surface area contributed by atoms with Gasteiger partial charge in [0.25, 0.3) is 11.7 Å². The maximum atomic E-state index is 13.5.